The van der Waals surface area contributed by atoms with E-state index in [4.69, 9.17) is 20.9 Å². The molecule has 0 saturated carbocycles. The Bertz CT molecular complexity index is 701. The molecule has 0 saturated heterocycles. The molecular formula is C20H31N5O6. The molecule has 0 aliphatic rings. The number of nitrogens with one attached hydrogen (secondary N) is 3. The third-order valence-corrected chi connectivity index (χ3v) is 3.89. The quantitative estimate of drug-likeness (QED) is 0.214. The molecule has 172 valence electrons. The first kappa shape index (κ1) is 26.2. The number of benzene rings is 1. The molecular weight excluding hydrogens is 406 g/mol. The van der Waals surface area contributed by atoms with Crippen LogP contribution in [-0.4, -0.2) is 69.2 Å². The lowest BCUT2D eigenvalue weighted by Crippen LogP contribution is -2.44. The highest BCUT2D eigenvalue weighted by Crippen LogP contribution is 2.04. The van der Waals surface area contributed by atoms with Gasteiger partial charge in [0.15, 0.2) is 0 Å². The van der Waals surface area contributed by atoms with E-state index in [1.807, 2.05) is 6.07 Å². The van der Waals surface area contributed by atoms with Crippen LogP contribution in [0.3, 0.4) is 0 Å². The van der Waals surface area contributed by atoms with Crippen molar-refractivity contribution in [2.45, 2.75) is 25.3 Å². The van der Waals surface area contributed by atoms with E-state index in [9.17, 15) is 19.2 Å². The normalized spacial score (nSPS) is 11.4. The highest BCUT2D eigenvalue weighted by atomic mass is 16.5. The predicted octanol–water partition coefficient (Wildman–Crippen LogP) is -1.13. The average molecular weight is 437 g/mol. The number of nitrogens with two attached hydrogens (primary N) is 2. The minimum atomic E-state index is -0.774. The fourth-order valence-corrected chi connectivity index (χ4v) is 2.34. The molecule has 11 heteroatoms. The number of unbranched alkanes of at least 4 members (excludes halogenated alkanes) is 1. The van der Waals surface area contributed by atoms with Crippen LogP contribution >= 0.6 is 0 Å². The zero-order valence-electron chi connectivity index (χ0n) is 17.4. The van der Waals surface area contributed by atoms with Crippen molar-refractivity contribution in [3.05, 3.63) is 30.3 Å². The smallest absolute Gasteiger partial charge is 0.252 e. The van der Waals surface area contributed by atoms with Crippen molar-refractivity contribution in [1.29, 1.82) is 0 Å². The van der Waals surface area contributed by atoms with Gasteiger partial charge >= 0.3 is 0 Å². The van der Waals surface area contributed by atoms with Gasteiger partial charge in [0.25, 0.3) is 5.91 Å². The molecule has 0 spiro atoms. The molecule has 0 aliphatic heterocycles. The molecule has 0 bridgehead atoms. The Labute approximate surface area is 181 Å². The highest BCUT2D eigenvalue weighted by molar-refractivity contribution is 5.98. The second kappa shape index (κ2) is 15.9. The van der Waals surface area contributed by atoms with E-state index < -0.39 is 23.8 Å². The number of carbonyl (C=O) groups excluding carboxylic acids is 4. The number of amides is 4. The lowest BCUT2D eigenvalue weighted by molar-refractivity contribution is -0.133. The van der Waals surface area contributed by atoms with Gasteiger partial charge in [-0.05, 0) is 31.5 Å². The Balaban J connectivity index is 2.03. The molecule has 0 fully saturated rings. The van der Waals surface area contributed by atoms with E-state index in [1.165, 1.54) is 0 Å². The van der Waals surface area contributed by atoms with Crippen molar-refractivity contribution in [2.75, 3.05) is 44.8 Å². The number of imide groups is 1. The summed E-state index contributed by atoms with van der Waals surface area (Å²) < 4.78 is 10.1. The number of hydrogen-bond donors (Lipinski definition) is 5. The summed E-state index contributed by atoms with van der Waals surface area (Å²) in [5.74, 6) is -1.98. The van der Waals surface area contributed by atoms with Crippen LogP contribution in [0.5, 0.6) is 0 Å². The summed E-state index contributed by atoms with van der Waals surface area (Å²) in [4.78, 5) is 46.7. The topological polar surface area (TPSA) is 175 Å². The minimum absolute atomic E-state index is 0.0599. The van der Waals surface area contributed by atoms with Crippen LogP contribution in [-0.2, 0) is 28.7 Å². The molecule has 31 heavy (non-hydrogen) atoms. The summed E-state index contributed by atoms with van der Waals surface area (Å²) in [5, 5.41) is 7.30. The maximum atomic E-state index is 11.7. The monoisotopic (exact) mass is 437 g/mol. The van der Waals surface area contributed by atoms with E-state index in [0.717, 1.165) is 6.42 Å². The van der Waals surface area contributed by atoms with Crippen molar-refractivity contribution in [1.82, 2.24) is 10.6 Å². The fraction of sp³-hybridized carbons (Fsp3) is 0.500. The first-order chi connectivity index (χ1) is 14.9. The SMILES string of the molecule is NCCCC[C@H](N)C(=O)NC(=O)COCCNC(=O)COCC(=O)Nc1ccccc1. The number of para-hydroxylation sites is 1. The van der Waals surface area contributed by atoms with Gasteiger partial charge < -0.3 is 31.6 Å². The minimum Gasteiger partial charge on any atom is -0.370 e. The molecule has 0 radical (unpaired) electrons. The lowest BCUT2D eigenvalue weighted by Gasteiger charge is -2.11. The van der Waals surface area contributed by atoms with Gasteiger partial charge in [0.1, 0.15) is 19.8 Å². The lowest BCUT2D eigenvalue weighted by atomic mass is 10.1. The van der Waals surface area contributed by atoms with Gasteiger partial charge in [0.2, 0.25) is 17.7 Å². The second-order valence-electron chi connectivity index (χ2n) is 6.61. The van der Waals surface area contributed by atoms with E-state index in [2.05, 4.69) is 16.0 Å². The molecule has 0 aromatic heterocycles. The molecule has 0 heterocycles. The van der Waals surface area contributed by atoms with Gasteiger partial charge in [-0.2, -0.15) is 0 Å². The molecule has 11 nitrogen and oxygen atoms in total. The van der Waals surface area contributed by atoms with Crippen LogP contribution in [0.25, 0.3) is 0 Å². The standard InChI is InChI=1S/C20H31N5O6/c21-9-5-4-8-16(22)20(29)25-19(28)13-30-11-10-23-17(26)12-31-14-18(27)24-15-6-2-1-3-7-15/h1-3,6-7,16H,4-5,8-14,21-22H2,(H,23,26)(H,24,27)(H,25,28,29)/t16-/m0/s1. The third-order valence-electron chi connectivity index (χ3n) is 3.89. The van der Waals surface area contributed by atoms with Gasteiger partial charge in [-0.15, -0.1) is 0 Å². The Morgan fingerprint density at radius 1 is 0.903 bits per heavy atom. The van der Waals surface area contributed by atoms with Crippen LogP contribution in [0.15, 0.2) is 30.3 Å². The van der Waals surface area contributed by atoms with E-state index in [1.54, 1.807) is 24.3 Å². The molecule has 4 amide bonds. The molecule has 1 aromatic carbocycles. The van der Waals surface area contributed by atoms with Crippen molar-refractivity contribution in [2.24, 2.45) is 11.5 Å². The van der Waals surface area contributed by atoms with Crippen molar-refractivity contribution in [3.8, 4) is 0 Å². The molecule has 0 aliphatic carbocycles. The summed E-state index contributed by atoms with van der Waals surface area (Å²) in [6.07, 6.45) is 1.91. The molecule has 1 atom stereocenters. The van der Waals surface area contributed by atoms with Crippen LogP contribution in [0.1, 0.15) is 19.3 Å². The number of anilines is 1. The number of ether oxygens (including phenoxy) is 2. The van der Waals surface area contributed by atoms with Gasteiger partial charge in [0, 0.05) is 12.2 Å². The van der Waals surface area contributed by atoms with Crippen LogP contribution < -0.4 is 27.4 Å². The van der Waals surface area contributed by atoms with Gasteiger partial charge in [-0.3, -0.25) is 24.5 Å². The number of rotatable bonds is 15. The Morgan fingerprint density at radius 2 is 1.58 bits per heavy atom. The van der Waals surface area contributed by atoms with Gasteiger partial charge in [-0.25, -0.2) is 0 Å². The fourth-order valence-electron chi connectivity index (χ4n) is 2.34. The van der Waals surface area contributed by atoms with E-state index >= 15 is 0 Å². The van der Waals surface area contributed by atoms with Crippen molar-refractivity contribution >= 4 is 29.3 Å². The molecule has 7 N–H and O–H groups in total. The van der Waals surface area contributed by atoms with Gasteiger partial charge in [-0.1, -0.05) is 24.6 Å². The van der Waals surface area contributed by atoms with E-state index in [0.29, 0.717) is 25.1 Å². The maximum Gasteiger partial charge on any atom is 0.252 e. The number of carbonyl (C=O) groups is 4. The Hall–Kier alpha value is -2.86. The highest BCUT2D eigenvalue weighted by Gasteiger charge is 2.15. The summed E-state index contributed by atoms with van der Waals surface area (Å²) in [5.41, 5.74) is 11.7. The van der Waals surface area contributed by atoms with E-state index in [-0.39, 0.29) is 38.9 Å². The van der Waals surface area contributed by atoms with Crippen LogP contribution in [0.2, 0.25) is 0 Å². The predicted molar refractivity (Wildman–Crippen MR) is 114 cm³/mol. The van der Waals surface area contributed by atoms with Crippen molar-refractivity contribution in [3.63, 3.8) is 0 Å². The van der Waals surface area contributed by atoms with Crippen LogP contribution in [0.4, 0.5) is 5.69 Å². The Kier molecular flexibility index (Phi) is 13.4. The zero-order chi connectivity index (χ0) is 22.9. The first-order valence-electron chi connectivity index (χ1n) is 9.98. The summed E-state index contributed by atoms with van der Waals surface area (Å²) in [7, 11) is 0. The van der Waals surface area contributed by atoms with Crippen LogP contribution in [0, 0.1) is 0 Å². The maximum absolute atomic E-state index is 11.7. The first-order valence-corrected chi connectivity index (χ1v) is 9.98. The summed E-state index contributed by atoms with van der Waals surface area (Å²) in [6.45, 7) is -0.177. The molecule has 1 aromatic rings. The van der Waals surface area contributed by atoms with Crippen molar-refractivity contribution < 1.29 is 28.7 Å². The average Bonchev–Trinajstić information content (AvgIpc) is 2.74. The molecule has 0 unspecified atom stereocenters. The largest absolute Gasteiger partial charge is 0.370 e. The third kappa shape index (κ3) is 13.1. The zero-order valence-corrected chi connectivity index (χ0v) is 17.4. The number of hydrogen-bond acceptors (Lipinski definition) is 8. The summed E-state index contributed by atoms with van der Waals surface area (Å²) >= 11 is 0. The van der Waals surface area contributed by atoms with Gasteiger partial charge in [0.05, 0.1) is 12.6 Å². The summed E-state index contributed by atoms with van der Waals surface area (Å²) in [6, 6.07) is 8.09. The molecule has 1 rings (SSSR count). The Morgan fingerprint density at radius 3 is 2.29 bits per heavy atom. The second-order valence-corrected chi connectivity index (χ2v) is 6.61.